The van der Waals surface area contributed by atoms with Crippen molar-refractivity contribution in [3.63, 3.8) is 0 Å². The van der Waals surface area contributed by atoms with Crippen molar-refractivity contribution >= 4 is 0 Å². The third kappa shape index (κ3) is 1.68. The molecule has 3 rings (SSSR count). The molecule has 1 aliphatic rings. The molecule has 20 heavy (non-hydrogen) atoms. The first kappa shape index (κ1) is 12.1. The van der Waals surface area contributed by atoms with Gasteiger partial charge in [-0.25, -0.2) is 0 Å². The number of nitriles is 1. The fraction of sp³-hybridized carbons (Fsp3) is 0.143. The Kier molecular flexibility index (Phi) is 2.61. The fourth-order valence-corrected chi connectivity index (χ4v) is 2.35. The Hall–Kier alpha value is -2.94. The average molecular weight is 269 g/mol. The molecule has 0 saturated carbocycles. The third-order valence-corrected chi connectivity index (χ3v) is 3.18. The minimum Gasteiger partial charge on any atom is -0.468 e. The van der Waals surface area contributed by atoms with Crippen LogP contribution >= 0.6 is 0 Å². The van der Waals surface area contributed by atoms with E-state index in [1.165, 1.54) is 6.26 Å². The number of ether oxygens (including phenoxy) is 1. The summed E-state index contributed by atoms with van der Waals surface area (Å²) < 4.78 is 10.7. The van der Waals surface area contributed by atoms with Gasteiger partial charge in [0.15, 0.2) is 0 Å². The van der Waals surface area contributed by atoms with Crippen LogP contribution in [0.2, 0.25) is 0 Å². The zero-order chi connectivity index (χ0) is 14.3. The van der Waals surface area contributed by atoms with Gasteiger partial charge in [-0.2, -0.15) is 5.26 Å². The molecule has 0 fully saturated rings. The molecule has 2 aromatic heterocycles. The summed E-state index contributed by atoms with van der Waals surface area (Å²) in [5.41, 5.74) is 6.62. The predicted octanol–water partition coefficient (Wildman–Crippen LogP) is 1.49. The van der Waals surface area contributed by atoms with Crippen molar-refractivity contribution in [3.8, 4) is 11.8 Å². The van der Waals surface area contributed by atoms with Crippen LogP contribution in [0.25, 0.3) is 0 Å². The topological polar surface area (TPSA) is 105 Å². The van der Waals surface area contributed by atoms with Crippen molar-refractivity contribution in [3.05, 3.63) is 63.3 Å². The molecule has 0 bridgehead atoms. The molecule has 1 atom stereocenters. The molecule has 3 N–H and O–H groups in total. The molecule has 6 nitrogen and oxygen atoms in total. The molecule has 0 saturated heterocycles. The van der Waals surface area contributed by atoms with Gasteiger partial charge >= 0.3 is 0 Å². The molecule has 0 unspecified atom stereocenters. The van der Waals surface area contributed by atoms with Crippen molar-refractivity contribution < 1.29 is 9.15 Å². The molecule has 1 aliphatic heterocycles. The highest BCUT2D eigenvalue weighted by atomic mass is 16.5. The van der Waals surface area contributed by atoms with E-state index in [9.17, 15) is 10.1 Å². The first-order chi connectivity index (χ1) is 9.61. The van der Waals surface area contributed by atoms with Crippen molar-refractivity contribution in [1.29, 1.82) is 5.26 Å². The van der Waals surface area contributed by atoms with Crippen LogP contribution in [0.1, 0.15) is 22.9 Å². The first-order valence-corrected chi connectivity index (χ1v) is 5.96. The van der Waals surface area contributed by atoms with E-state index in [1.807, 2.05) is 6.07 Å². The van der Waals surface area contributed by atoms with Gasteiger partial charge in [-0.3, -0.25) is 4.79 Å². The van der Waals surface area contributed by atoms with E-state index in [1.54, 1.807) is 25.1 Å². The second-order valence-electron chi connectivity index (χ2n) is 4.50. The van der Waals surface area contributed by atoms with E-state index >= 15 is 0 Å². The molecule has 3 heterocycles. The monoisotopic (exact) mass is 269 g/mol. The van der Waals surface area contributed by atoms with E-state index in [-0.39, 0.29) is 17.0 Å². The summed E-state index contributed by atoms with van der Waals surface area (Å²) in [5.74, 6) is 0.169. The number of hydrogen-bond donors (Lipinski definition) is 2. The summed E-state index contributed by atoms with van der Waals surface area (Å²) in [6, 6.07) is 7.06. The Morgan fingerprint density at radius 3 is 2.95 bits per heavy atom. The molecular weight excluding hydrogens is 258 g/mol. The molecule has 100 valence electrons. The van der Waals surface area contributed by atoms with Crippen LogP contribution in [0.5, 0.6) is 5.75 Å². The van der Waals surface area contributed by atoms with Gasteiger partial charge < -0.3 is 19.9 Å². The minimum atomic E-state index is -0.650. The molecule has 0 amide bonds. The van der Waals surface area contributed by atoms with Crippen LogP contribution in [-0.2, 0) is 0 Å². The van der Waals surface area contributed by atoms with Crippen molar-refractivity contribution in [2.24, 2.45) is 5.73 Å². The number of H-pyrrole nitrogens is 1. The fourth-order valence-electron chi connectivity index (χ4n) is 2.35. The van der Waals surface area contributed by atoms with Gasteiger partial charge in [0.05, 0.1) is 17.7 Å². The number of nitrogens with two attached hydrogens (primary N) is 1. The number of hydrogen-bond acceptors (Lipinski definition) is 5. The largest absolute Gasteiger partial charge is 0.468 e. The van der Waals surface area contributed by atoms with E-state index < -0.39 is 5.92 Å². The number of fused-ring (bicyclic) bond motifs is 1. The first-order valence-electron chi connectivity index (χ1n) is 5.96. The van der Waals surface area contributed by atoms with Crippen molar-refractivity contribution in [1.82, 2.24) is 4.98 Å². The molecular formula is C14H11N3O3. The Morgan fingerprint density at radius 1 is 1.50 bits per heavy atom. The van der Waals surface area contributed by atoms with Gasteiger partial charge in [-0.1, -0.05) is 0 Å². The number of rotatable bonds is 1. The normalized spacial score (nSPS) is 17.3. The van der Waals surface area contributed by atoms with Crippen molar-refractivity contribution in [2.75, 3.05) is 0 Å². The highest BCUT2D eigenvalue weighted by Gasteiger charge is 2.34. The Bertz CT molecular complexity index is 794. The number of aryl methyl sites for hydroxylation is 1. The average Bonchev–Trinajstić information content (AvgIpc) is 2.90. The van der Waals surface area contributed by atoms with Crippen LogP contribution in [-0.4, -0.2) is 4.98 Å². The maximum Gasteiger partial charge on any atom is 0.256 e. The van der Waals surface area contributed by atoms with Crippen LogP contribution in [0, 0.1) is 18.3 Å². The Morgan fingerprint density at radius 2 is 2.30 bits per heavy atom. The number of pyridine rings is 1. The zero-order valence-electron chi connectivity index (χ0n) is 10.6. The summed E-state index contributed by atoms with van der Waals surface area (Å²) in [6.07, 6.45) is 1.48. The summed E-state index contributed by atoms with van der Waals surface area (Å²) in [6.45, 7) is 1.74. The lowest BCUT2D eigenvalue weighted by atomic mass is 9.88. The molecule has 0 radical (unpaired) electrons. The molecule has 0 aliphatic carbocycles. The van der Waals surface area contributed by atoms with Crippen molar-refractivity contribution in [2.45, 2.75) is 12.8 Å². The van der Waals surface area contributed by atoms with Gasteiger partial charge in [0.2, 0.25) is 5.88 Å². The second kappa shape index (κ2) is 4.31. The van der Waals surface area contributed by atoms with Crippen LogP contribution in [0.3, 0.4) is 0 Å². The lowest BCUT2D eigenvalue weighted by Gasteiger charge is -2.23. The summed E-state index contributed by atoms with van der Waals surface area (Å²) in [5, 5.41) is 9.28. The summed E-state index contributed by atoms with van der Waals surface area (Å²) >= 11 is 0. The third-order valence-electron chi connectivity index (χ3n) is 3.18. The van der Waals surface area contributed by atoms with Crippen LogP contribution in [0.4, 0.5) is 0 Å². The van der Waals surface area contributed by atoms with E-state index in [2.05, 4.69) is 4.98 Å². The number of aromatic amines is 1. The number of nitrogens with one attached hydrogen (secondary N) is 1. The van der Waals surface area contributed by atoms with Crippen LogP contribution in [0.15, 0.2) is 45.1 Å². The van der Waals surface area contributed by atoms with E-state index in [0.29, 0.717) is 22.8 Å². The Labute approximate surface area is 114 Å². The SMILES string of the molecule is Cc1cc2c(c(=O)[nH]1)[C@@H](c1ccco1)C(C#N)=C(N)O2. The van der Waals surface area contributed by atoms with E-state index in [4.69, 9.17) is 14.9 Å². The summed E-state index contributed by atoms with van der Waals surface area (Å²) in [7, 11) is 0. The van der Waals surface area contributed by atoms with Gasteiger partial charge in [-0.05, 0) is 19.1 Å². The lowest BCUT2D eigenvalue weighted by Crippen LogP contribution is -2.27. The smallest absolute Gasteiger partial charge is 0.256 e. The molecule has 2 aromatic rings. The maximum absolute atomic E-state index is 12.2. The number of allylic oxidation sites excluding steroid dienone is 1. The van der Waals surface area contributed by atoms with Gasteiger partial charge in [0.25, 0.3) is 5.56 Å². The quantitative estimate of drug-likeness (QED) is 0.816. The predicted molar refractivity (Wildman–Crippen MR) is 69.8 cm³/mol. The van der Waals surface area contributed by atoms with Gasteiger partial charge in [0, 0.05) is 11.8 Å². The number of aromatic nitrogens is 1. The van der Waals surface area contributed by atoms with Gasteiger partial charge in [-0.15, -0.1) is 0 Å². The van der Waals surface area contributed by atoms with E-state index in [0.717, 1.165) is 0 Å². The number of furan rings is 1. The lowest BCUT2D eigenvalue weighted by molar-refractivity contribution is 0.381. The highest BCUT2D eigenvalue weighted by molar-refractivity contribution is 5.53. The maximum atomic E-state index is 12.2. The van der Waals surface area contributed by atoms with Crippen LogP contribution < -0.4 is 16.0 Å². The van der Waals surface area contributed by atoms with Gasteiger partial charge in [0.1, 0.15) is 23.2 Å². The zero-order valence-corrected chi connectivity index (χ0v) is 10.6. The number of nitrogens with zero attached hydrogens (tertiary/aromatic N) is 1. The minimum absolute atomic E-state index is 0.00796. The Balaban J connectivity index is 2.32. The molecule has 0 aromatic carbocycles. The highest BCUT2D eigenvalue weighted by Crippen LogP contribution is 2.40. The summed E-state index contributed by atoms with van der Waals surface area (Å²) in [4.78, 5) is 14.9. The second-order valence-corrected chi connectivity index (χ2v) is 4.50. The molecule has 0 spiro atoms. The molecule has 6 heteroatoms. The standard InChI is InChI=1S/C14H11N3O3/c1-7-5-10-12(14(18)17-7)11(9-3-2-4-19-9)8(6-15)13(16)20-10/h2-5,11H,16H2,1H3,(H,17,18)/t11-/m1/s1.